The lowest BCUT2D eigenvalue weighted by Gasteiger charge is -2.10. The monoisotopic (exact) mass is 325 g/mol. The van der Waals surface area contributed by atoms with E-state index in [9.17, 15) is 12.8 Å². The number of nitrogen functional groups attached to an aromatic ring is 1. The molecule has 0 saturated heterocycles. The molecule has 108 valence electrons. The van der Waals surface area contributed by atoms with Gasteiger partial charge in [0.25, 0.3) is 10.0 Å². The Kier molecular flexibility index (Phi) is 4.02. The number of rotatable bonds is 3. The molecule has 0 spiro atoms. The van der Waals surface area contributed by atoms with Crippen LogP contribution >= 0.6 is 11.6 Å². The Balaban J connectivity index is 2.40. The van der Waals surface area contributed by atoms with Gasteiger partial charge in [-0.25, -0.2) is 12.8 Å². The lowest BCUT2D eigenvalue weighted by molar-refractivity contribution is 0.596. The molecule has 3 N–H and O–H groups in total. The Hall–Kier alpha value is -2.30. The molecule has 0 aliphatic rings. The molecule has 0 amide bonds. The van der Waals surface area contributed by atoms with Crippen molar-refractivity contribution in [3.05, 3.63) is 52.8 Å². The highest BCUT2D eigenvalue weighted by molar-refractivity contribution is 7.92. The van der Waals surface area contributed by atoms with Gasteiger partial charge in [0.15, 0.2) is 0 Å². The van der Waals surface area contributed by atoms with E-state index in [-0.39, 0.29) is 26.9 Å². The van der Waals surface area contributed by atoms with Crippen LogP contribution in [0.4, 0.5) is 15.8 Å². The molecule has 0 unspecified atom stereocenters. The molecule has 0 aliphatic carbocycles. The molecule has 0 aliphatic heterocycles. The minimum Gasteiger partial charge on any atom is -0.398 e. The Bertz CT molecular complexity index is 847. The summed E-state index contributed by atoms with van der Waals surface area (Å²) >= 11 is 5.82. The zero-order valence-electron chi connectivity index (χ0n) is 10.5. The van der Waals surface area contributed by atoms with Gasteiger partial charge < -0.3 is 5.73 Å². The Morgan fingerprint density at radius 2 is 1.95 bits per heavy atom. The predicted octanol–water partition coefficient (Wildman–Crippen LogP) is 2.73. The Labute approximate surface area is 125 Å². The summed E-state index contributed by atoms with van der Waals surface area (Å²) in [6, 6.07) is 8.93. The molecule has 0 radical (unpaired) electrons. The summed E-state index contributed by atoms with van der Waals surface area (Å²) in [5.41, 5.74) is 5.82. The number of sulfonamides is 1. The zero-order valence-corrected chi connectivity index (χ0v) is 12.0. The van der Waals surface area contributed by atoms with E-state index in [2.05, 4.69) is 4.72 Å². The van der Waals surface area contributed by atoms with Crippen LogP contribution in [0.1, 0.15) is 5.56 Å². The van der Waals surface area contributed by atoms with E-state index < -0.39 is 15.8 Å². The molecular weight excluding hydrogens is 317 g/mol. The van der Waals surface area contributed by atoms with Crippen LogP contribution in [0.25, 0.3) is 0 Å². The van der Waals surface area contributed by atoms with Crippen molar-refractivity contribution in [1.82, 2.24) is 0 Å². The molecule has 0 aromatic heterocycles. The maximum absolute atomic E-state index is 13.2. The third-order valence-corrected chi connectivity index (χ3v) is 4.36. The molecule has 0 atom stereocenters. The molecule has 2 aromatic rings. The topological polar surface area (TPSA) is 96.0 Å². The first-order chi connectivity index (χ1) is 9.83. The maximum atomic E-state index is 13.2. The van der Waals surface area contributed by atoms with Crippen molar-refractivity contribution in [3.63, 3.8) is 0 Å². The van der Waals surface area contributed by atoms with Crippen molar-refractivity contribution >= 4 is 33.0 Å². The van der Waals surface area contributed by atoms with Crippen molar-refractivity contribution in [2.75, 3.05) is 10.5 Å². The third kappa shape index (κ3) is 3.24. The second-order valence-corrected chi connectivity index (χ2v) is 6.15. The van der Waals surface area contributed by atoms with Crippen LogP contribution in [0.3, 0.4) is 0 Å². The van der Waals surface area contributed by atoms with E-state index in [0.717, 1.165) is 18.2 Å². The second-order valence-electron chi connectivity index (χ2n) is 4.09. The van der Waals surface area contributed by atoms with Crippen LogP contribution in [0.2, 0.25) is 5.02 Å². The van der Waals surface area contributed by atoms with Crippen LogP contribution in [-0.4, -0.2) is 8.42 Å². The zero-order chi connectivity index (χ0) is 15.6. The first kappa shape index (κ1) is 15.1. The number of anilines is 2. The number of halogens is 2. The van der Waals surface area contributed by atoms with Gasteiger partial charge in [-0.3, -0.25) is 4.72 Å². The number of hydrogen-bond donors (Lipinski definition) is 2. The van der Waals surface area contributed by atoms with Gasteiger partial charge in [0, 0.05) is 0 Å². The van der Waals surface area contributed by atoms with E-state index in [0.29, 0.717) is 0 Å². The van der Waals surface area contributed by atoms with Gasteiger partial charge in [-0.15, -0.1) is 0 Å². The number of nitriles is 1. The van der Waals surface area contributed by atoms with Crippen molar-refractivity contribution < 1.29 is 12.8 Å². The van der Waals surface area contributed by atoms with Crippen molar-refractivity contribution in [3.8, 4) is 6.07 Å². The molecule has 0 heterocycles. The van der Waals surface area contributed by atoms with E-state index in [4.69, 9.17) is 22.6 Å². The first-order valence-corrected chi connectivity index (χ1v) is 7.47. The molecule has 0 saturated carbocycles. The molecule has 0 fully saturated rings. The fraction of sp³-hybridized carbons (Fsp3) is 0. The average molecular weight is 326 g/mol. The van der Waals surface area contributed by atoms with Crippen LogP contribution in [0, 0.1) is 17.1 Å². The maximum Gasteiger partial charge on any atom is 0.264 e. The quantitative estimate of drug-likeness (QED) is 0.848. The van der Waals surface area contributed by atoms with E-state index in [1.807, 2.05) is 6.07 Å². The van der Waals surface area contributed by atoms with Gasteiger partial charge in [0.05, 0.1) is 22.0 Å². The molecule has 2 rings (SSSR count). The molecule has 0 bridgehead atoms. The summed E-state index contributed by atoms with van der Waals surface area (Å²) in [6.07, 6.45) is 0. The summed E-state index contributed by atoms with van der Waals surface area (Å²) in [6.45, 7) is 0. The Morgan fingerprint density at radius 1 is 1.24 bits per heavy atom. The lowest BCUT2D eigenvalue weighted by atomic mass is 10.2. The summed E-state index contributed by atoms with van der Waals surface area (Å²) in [5, 5.41) is 8.86. The summed E-state index contributed by atoms with van der Waals surface area (Å²) in [7, 11) is -4.06. The smallest absolute Gasteiger partial charge is 0.264 e. The first-order valence-electron chi connectivity index (χ1n) is 5.61. The van der Waals surface area contributed by atoms with Crippen LogP contribution < -0.4 is 10.5 Å². The standard InChI is InChI=1S/C13H9ClFN3O2S/c14-11-6-10(3-1-8(11)7-16)18-21(19,20)13-5-9(15)2-4-12(13)17/h1-6,18H,17H2. The minimum absolute atomic E-state index is 0.0800. The van der Waals surface area contributed by atoms with Gasteiger partial charge in [-0.1, -0.05) is 11.6 Å². The van der Waals surface area contributed by atoms with E-state index in [1.54, 1.807) is 0 Å². The molecule has 5 nitrogen and oxygen atoms in total. The lowest BCUT2D eigenvalue weighted by Crippen LogP contribution is -2.15. The van der Waals surface area contributed by atoms with Gasteiger partial charge in [-0.2, -0.15) is 5.26 Å². The predicted molar refractivity (Wildman–Crippen MR) is 77.8 cm³/mol. The average Bonchev–Trinajstić information content (AvgIpc) is 2.41. The van der Waals surface area contributed by atoms with Crippen LogP contribution in [0.5, 0.6) is 0 Å². The number of nitrogens with two attached hydrogens (primary N) is 1. The number of nitrogens with one attached hydrogen (secondary N) is 1. The molecule has 21 heavy (non-hydrogen) atoms. The second kappa shape index (κ2) is 5.60. The van der Waals surface area contributed by atoms with Crippen LogP contribution in [0.15, 0.2) is 41.3 Å². The fourth-order valence-corrected chi connectivity index (χ4v) is 3.04. The Morgan fingerprint density at radius 3 is 2.57 bits per heavy atom. The van der Waals surface area contributed by atoms with Gasteiger partial charge in [0.1, 0.15) is 16.8 Å². The van der Waals surface area contributed by atoms with E-state index in [1.165, 1.54) is 18.2 Å². The number of hydrogen-bond acceptors (Lipinski definition) is 4. The van der Waals surface area contributed by atoms with Crippen molar-refractivity contribution in [1.29, 1.82) is 5.26 Å². The third-order valence-electron chi connectivity index (χ3n) is 2.61. The number of benzene rings is 2. The molecule has 2 aromatic carbocycles. The molecular formula is C13H9ClFN3O2S. The highest BCUT2D eigenvalue weighted by Crippen LogP contribution is 2.25. The number of nitrogens with zero attached hydrogens (tertiary/aromatic N) is 1. The van der Waals surface area contributed by atoms with Crippen molar-refractivity contribution in [2.24, 2.45) is 0 Å². The highest BCUT2D eigenvalue weighted by atomic mass is 35.5. The summed E-state index contributed by atoms with van der Waals surface area (Å²) in [4.78, 5) is -0.372. The van der Waals surface area contributed by atoms with Gasteiger partial charge in [-0.05, 0) is 36.4 Å². The molecule has 8 heteroatoms. The van der Waals surface area contributed by atoms with Gasteiger partial charge >= 0.3 is 0 Å². The minimum atomic E-state index is -4.06. The summed E-state index contributed by atoms with van der Waals surface area (Å²) in [5.74, 6) is -0.720. The normalized spacial score (nSPS) is 10.9. The largest absolute Gasteiger partial charge is 0.398 e. The van der Waals surface area contributed by atoms with Crippen molar-refractivity contribution in [2.45, 2.75) is 4.90 Å². The summed E-state index contributed by atoms with van der Waals surface area (Å²) < 4.78 is 39.7. The van der Waals surface area contributed by atoms with Crippen LogP contribution in [-0.2, 0) is 10.0 Å². The van der Waals surface area contributed by atoms with E-state index >= 15 is 0 Å². The fourth-order valence-electron chi connectivity index (χ4n) is 1.62. The highest BCUT2D eigenvalue weighted by Gasteiger charge is 2.19. The van der Waals surface area contributed by atoms with Gasteiger partial charge in [0.2, 0.25) is 0 Å². The SMILES string of the molecule is N#Cc1ccc(NS(=O)(=O)c2cc(F)ccc2N)cc1Cl.